The van der Waals surface area contributed by atoms with Crippen molar-refractivity contribution in [1.82, 2.24) is 4.57 Å². The fraction of sp³-hybridized carbons (Fsp3) is 0.158. The van der Waals surface area contributed by atoms with E-state index in [2.05, 4.69) is 5.32 Å². The summed E-state index contributed by atoms with van der Waals surface area (Å²) in [7, 11) is 1.85. The van der Waals surface area contributed by atoms with Crippen LogP contribution in [-0.2, 0) is 18.3 Å². The van der Waals surface area contributed by atoms with Gasteiger partial charge in [-0.25, -0.2) is 4.79 Å². The molecule has 5 heteroatoms. The van der Waals surface area contributed by atoms with Gasteiger partial charge >= 0.3 is 5.97 Å². The first kappa shape index (κ1) is 14.5. The molecule has 1 amide bonds. The molecule has 3 aromatic rings. The molecule has 0 saturated heterocycles. The average molecular weight is 320 g/mol. The maximum atomic E-state index is 12.5. The number of amides is 1. The van der Waals surface area contributed by atoms with E-state index in [0.717, 1.165) is 22.2 Å². The first-order valence-electron chi connectivity index (χ1n) is 7.81. The highest BCUT2D eigenvalue weighted by molar-refractivity contribution is 5.97. The van der Waals surface area contributed by atoms with Crippen molar-refractivity contribution < 1.29 is 14.3 Å². The summed E-state index contributed by atoms with van der Waals surface area (Å²) in [4.78, 5) is 23.9. The molecule has 120 valence electrons. The number of hydrogen-bond acceptors (Lipinski definition) is 3. The lowest BCUT2D eigenvalue weighted by Gasteiger charge is -2.17. The van der Waals surface area contributed by atoms with E-state index in [-0.39, 0.29) is 5.91 Å². The highest BCUT2D eigenvalue weighted by Crippen LogP contribution is 2.27. The lowest BCUT2D eigenvalue weighted by Crippen LogP contribution is -2.19. The van der Waals surface area contributed by atoms with E-state index in [1.165, 1.54) is 0 Å². The summed E-state index contributed by atoms with van der Waals surface area (Å²) in [5.41, 5.74) is 3.26. The molecule has 1 aromatic heterocycles. The molecule has 0 unspecified atom stereocenters. The molecule has 0 aliphatic carbocycles. The van der Waals surface area contributed by atoms with Crippen LogP contribution in [0.5, 0.6) is 5.75 Å². The number of hydrogen-bond donors (Lipinski definition) is 1. The number of nitrogens with one attached hydrogen (secondary N) is 1. The standard InChI is InChI=1S/C19H16N2O3/c1-21-16-5-3-2-4-13(16)11-17(21)19(23)24-14-7-8-15-12(10-14)6-9-18(22)20-15/h2-5,7-8,10-11H,6,9H2,1H3,(H,20,22). The predicted molar refractivity (Wildman–Crippen MR) is 91.3 cm³/mol. The fourth-order valence-electron chi connectivity index (χ4n) is 3.07. The zero-order valence-corrected chi connectivity index (χ0v) is 13.2. The molecule has 0 radical (unpaired) electrons. The third-order valence-electron chi connectivity index (χ3n) is 4.34. The zero-order valence-electron chi connectivity index (χ0n) is 13.2. The SMILES string of the molecule is Cn1c(C(=O)Oc2ccc3c(c2)CCC(=O)N3)cc2ccccc21. The molecule has 0 atom stereocenters. The zero-order chi connectivity index (χ0) is 16.7. The van der Waals surface area contributed by atoms with Crippen LogP contribution >= 0.6 is 0 Å². The van der Waals surface area contributed by atoms with Crippen LogP contribution in [0.15, 0.2) is 48.5 Å². The normalized spacial score (nSPS) is 13.5. The third-order valence-corrected chi connectivity index (χ3v) is 4.34. The average Bonchev–Trinajstić information content (AvgIpc) is 2.92. The Hall–Kier alpha value is -3.08. The van der Waals surface area contributed by atoms with Crippen LogP contribution in [-0.4, -0.2) is 16.4 Å². The molecule has 5 nitrogen and oxygen atoms in total. The minimum atomic E-state index is -0.395. The van der Waals surface area contributed by atoms with E-state index < -0.39 is 5.97 Å². The summed E-state index contributed by atoms with van der Waals surface area (Å²) >= 11 is 0. The lowest BCUT2D eigenvalue weighted by molar-refractivity contribution is -0.116. The number of aromatic nitrogens is 1. The second kappa shape index (κ2) is 5.53. The minimum Gasteiger partial charge on any atom is -0.422 e. The number of para-hydroxylation sites is 1. The Labute approximate surface area is 138 Å². The number of rotatable bonds is 2. The van der Waals surface area contributed by atoms with Crippen LogP contribution < -0.4 is 10.1 Å². The van der Waals surface area contributed by atoms with Crippen LogP contribution in [0.25, 0.3) is 10.9 Å². The van der Waals surface area contributed by atoms with Crippen molar-refractivity contribution in [3.8, 4) is 5.75 Å². The maximum Gasteiger partial charge on any atom is 0.360 e. The van der Waals surface area contributed by atoms with Crippen LogP contribution in [0.3, 0.4) is 0 Å². The number of aryl methyl sites for hydroxylation is 2. The summed E-state index contributed by atoms with van der Waals surface area (Å²) in [6.07, 6.45) is 1.11. The lowest BCUT2D eigenvalue weighted by atomic mass is 10.0. The van der Waals surface area contributed by atoms with Gasteiger partial charge in [0.15, 0.2) is 0 Å². The van der Waals surface area contributed by atoms with E-state index >= 15 is 0 Å². The van der Waals surface area contributed by atoms with E-state index in [0.29, 0.717) is 24.3 Å². The summed E-state index contributed by atoms with van der Waals surface area (Å²) < 4.78 is 7.36. The molecule has 4 rings (SSSR count). The van der Waals surface area contributed by atoms with Gasteiger partial charge in [0.1, 0.15) is 11.4 Å². The summed E-state index contributed by atoms with van der Waals surface area (Å²) in [5, 5.41) is 3.82. The summed E-state index contributed by atoms with van der Waals surface area (Å²) in [5.74, 6) is 0.108. The number of ether oxygens (including phenoxy) is 1. The minimum absolute atomic E-state index is 0.0164. The van der Waals surface area contributed by atoms with Gasteiger partial charge in [0.05, 0.1) is 0 Å². The molecular formula is C19H16N2O3. The van der Waals surface area contributed by atoms with Gasteiger partial charge in [-0.15, -0.1) is 0 Å². The highest BCUT2D eigenvalue weighted by atomic mass is 16.5. The van der Waals surface area contributed by atoms with Gasteiger partial charge in [0.2, 0.25) is 5.91 Å². The molecule has 1 aliphatic rings. The predicted octanol–water partition coefficient (Wildman–Crippen LogP) is 3.28. The topological polar surface area (TPSA) is 60.3 Å². The molecule has 1 N–H and O–H groups in total. The van der Waals surface area contributed by atoms with E-state index in [1.807, 2.05) is 48.0 Å². The van der Waals surface area contributed by atoms with Crippen LogP contribution in [0.2, 0.25) is 0 Å². The number of anilines is 1. The maximum absolute atomic E-state index is 12.5. The first-order valence-corrected chi connectivity index (χ1v) is 7.81. The largest absolute Gasteiger partial charge is 0.422 e. The Morgan fingerprint density at radius 2 is 1.96 bits per heavy atom. The van der Waals surface area contributed by atoms with Crippen LogP contribution in [0, 0.1) is 0 Å². The smallest absolute Gasteiger partial charge is 0.360 e. The van der Waals surface area contributed by atoms with Crippen molar-refractivity contribution in [2.75, 3.05) is 5.32 Å². The molecule has 1 aliphatic heterocycles. The summed E-state index contributed by atoms with van der Waals surface area (Å²) in [6, 6.07) is 14.9. The molecule has 2 aromatic carbocycles. The van der Waals surface area contributed by atoms with Crippen molar-refractivity contribution in [2.24, 2.45) is 7.05 Å². The molecule has 0 bridgehead atoms. The van der Waals surface area contributed by atoms with Crippen molar-refractivity contribution in [1.29, 1.82) is 0 Å². The summed E-state index contributed by atoms with van der Waals surface area (Å²) in [6.45, 7) is 0. The van der Waals surface area contributed by atoms with E-state index in [4.69, 9.17) is 4.74 Å². The Morgan fingerprint density at radius 1 is 1.12 bits per heavy atom. The van der Waals surface area contributed by atoms with Crippen molar-refractivity contribution in [3.63, 3.8) is 0 Å². The molecule has 0 saturated carbocycles. The highest BCUT2D eigenvalue weighted by Gasteiger charge is 2.18. The Morgan fingerprint density at radius 3 is 2.79 bits per heavy atom. The molecule has 0 fully saturated rings. The quantitative estimate of drug-likeness (QED) is 0.582. The number of nitrogens with zero attached hydrogens (tertiary/aromatic N) is 1. The third kappa shape index (κ3) is 2.44. The van der Waals surface area contributed by atoms with Gasteiger partial charge in [-0.3, -0.25) is 4.79 Å². The monoisotopic (exact) mass is 320 g/mol. The van der Waals surface area contributed by atoms with E-state index in [1.54, 1.807) is 12.1 Å². The van der Waals surface area contributed by atoms with Gasteiger partial charge in [0.25, 0.3) is 0 Å². The second-order valence-electron chi connectivity index (χ2n) is 5.90. The van der Waals surface area contributed by atoms with Crippen LogP contribution in [0.4, 0.5) is 5.69 Å². The number of carbonyl (C=O) groups excluding carboxylic acids is 2. The van der Waals surface area contributed by atoms with Gasteiger partial charge in [0, 0.05) is 30.1 Å². The first-order chi connectivity index (χ1) is 11.6. The Bertz CT molecular complexity index is 972. The van der Waals surface area contributed by atoms with Crippen molar-refractivity contribution in [3.05, 3.63) is 59.8 Å². The number of esters is 1. The Kier molecular flexibility index (Phi) is 3.34. The van der Waals surface area contributed by atoms with E-state index in [9.17, 15) is 9.59 Å². The van der Waals surface area contributed by atoms with Crippen molar-refractivity contribution >= 4 is 28.5 Å². The van der Waals surface area contributed by atoms with Gasteiger partial charge in [-0.05, 0) is 42.3 Å². The van der Waals surface area contributed by atoms with Gasteiger partial charge in [-0.1, -0.05) is 18.2 Å². The van der Waals surface area contributed by atoms with Gasteiger partial charge in [-0.2, -0.15) is 0 Å². The molecular weight excluding hydrogens is 304 g/mol. The second-order valence-corrected chi connectivity index (χ2v) is 5.90. The number of fused-ring (bicyclic) bond motifs is 2. The molecule has 0 spiro atoms. The number of carbonyl (C=O) groups is 2. The molecule has 24 heavy (non-hydrogen) atoms. The van der Waals surface area contributed by atoms with Crippen LogP contribution in [0.1, 0.15) is 22.5 Å². The molecule has 2 heterocycles. The van der Waals surface area contributed by atoms with Crippen molar-refractivity contribution in [2.45, 2.75) is 12.8 Å². The van der Waals surface area contributed by atoms with Gasteiger partial charge < -0.3 is 14.6 Å². The fourth-order valence-corrected chi connectivity index (χ4v) is 3.07. The number of benzene rings is 2. The Balaban J connectivity index is 1.62.